The fourth-order valence-corrected chi connectivity index (χ4v) is 1.59. The van der Waals surface area contributed by atoms with E-state index in [-0.39, 0.29) is 25.4 Å². The highest BCUT2D eigenvalue weighted by Gasteiger charge is 2.04. The van der Waals surface area contributed by atoms with Crippen LogP contribution in [-0.2, 0) is 38.1 Å². The molecule has 0 aromatic carbocycles. The molecule has 0 fully saturated rings. The molecule has 10 heteroatoms. The molecule has 0 bridgehead atoms. The summed E-state index contributed by atoms with van der Waals surface area (Å²) in [6.45, 7) is 3.26. The highest BCUT2D eigenvalue weighted by atomic mass is 16.6. The molecule has 0 aliphatic heterocycles. The predicted molar refractivity (Wildman–Crippen MR) is 89.8 cm³/mol. The van der Waals surface area contributed by atoms with Crippen molar-refractivity contribution in [1.82, 2.24) is 5.32 Å². The van der Waals surface area contributed by atoms with Crippen LogP contribution >= 0.6 is 0 Å². The van der Waals surface area contributed by atoms with Gasteiger partial charge in [-0.2, -0.15) is 0 Å². The minimum atomic E-state index is -0.985. The standard InChI is InChI=1S/C16H29NO9/c1-22-16(21)13-26-12-11-25-10-9-24-8-7-23-6-2-5-17-14(18)3-4-15(19)20/h2-13H2,1H3,(H,17,18)(H,19,20). The molecule has 1 amide bonds. The lowest BCUT2D eigenvalue weighted by Crippen LogP contribution is -2.25. The maximum atomic E-state index is 11.2. The zero-order valence-corrected chi connectivity index (χ0v) is 15.2. The third-order valence-corrected chi connectivity index (χ3v) is 2.92. The molecule has 26 heavy (non-hydrogen) atoms. The molecule has 152 valence electrons. The number of nitrogens with one attached hydrogen (secondary N) is 1. The summed E-state index contributed by atoms with van der Waals surface area (Å²) >= 11 is 0. The van der Waals surface area contributed by atoms with E-state index in [1.54, 1.807) is 0 Å². The third kappa shape index (κ3) is 18.6. The molecule has 0 unspecified atom stereocenters. The van der Waals surface area contributed by atoms with Gasteiger partial charge in [0.1, 0.15) is 6.61 Å². The average molecular weight is 379 g/mol. The second-order valence-corrected chi connectivity index (χ2v) is 5.06. The van der Waals surface area contributed by atoms with Gasteiger partial charge in [0.15, 0.2) is 0 Å². The summed E-state index contributed by atoms with van der Waals surface area (Å²) in [6.07, 6.45) is 0.473. The van der Waals surface area contributed by atoms with Gasteiger partial charge in [0.25, 0.3) is 0 Å². The quantitative estimate of drug-likeness (QED) is 0.241. The molecule has 0 saturated heterocycles. The predicted octanol–water partition coefficient (Wildman–Crippen LogP) is -0.403. The summed E-state index contributed by atoms with van der Waals surface area (Å²) in [5, 5.41) is 11.1. The van der Waals surface area contributed by atoms with Gasteiger partial charge in [-0.3, -0.25) is 9.59 Å². The van der Waals surface area contributed by atoms with E-state index < -0.39 is 11.9 Å². The van der Waals surface area contributed by atoms with Crippen molar-refractivity contribution in [3.8, 4) is 0 Å². The normalized spacial score (nSPS) is 10.5. The number of ether oxygens (including phenoxy) is 5. The summed E-state index contributed by atoms with van der Waals surface area (Å²) in [7, 11) is 1.30. The smallest absolute Gasteiger partial charge is 0.331 e. The number of carboxylic acids is 1. The van der Waals surface area contributed by atoms with Crippen LogP contribution < -0.4 is 5.32 Å². The van der Waals surface area contributed by atoms with Gasteiger partial charge < -0.3 is 34.1 Å². The Kier molecular flexibility index (Phi) is 16.8. The number of carbonyl (C=O) groups excluding carboxylic acids is 2. The Labute approximate surface area is 153 Å². The van der Waals surface area contributed by atoms with Crippen molar-refractivity contribution in [3.63, 3.8) is 0 Å². The summed E-state index contributed by atoms with van der Waals surface area (Å²) in [5.41, 5.74) is 0. The molecule has 0 aromatic heterocycles. The maximum Gasteiger partial charge on any atom is 0.331 e. The van der Waals surface area contributed by atoms with Crippen LogP contribution in [-0.4, -0.2) is 89.5 Å². The number of esters is 1. The zero-order chi connectivity index (χ0) is 19.5. The van der Waals surface area contributed by atoms with Crippen LogP contribution in [0.15, 0.2) is 0 Å². The molecule has 0 aliphatic rings. The molecular formula is C16H29NO9. The van der Waals surface area contributed by atoms with E-state index in [0.717, 1.165) is 0 Å². The van der Waals surface area contributed by atoms with Crippen molar-refractivity contribution in [3.05, 3.63) is 0 Å². The molecule has 0 aliphatic carbocycles. The number of rotatable bonds is 18. The largest absolute Gasteiger partial charge is 0.481 e. The van der Waals surface area contributed by atoms with Crippen LogP contribution in [0.2, 0.25) is 0 Å². The van der Waals surface area contributed by atoms with Crippen molar-refractivity contribution in [1.29, 1.82) is 0 Å². The Balaban J connectivity index is 3.14. The second kappa shape index (κ2) is 18.1. The van der Waals surface area contributed by atoms with Crippen molar-refractivity contribution < 1.29 is 43.2 Å². The lowest BCUT2D eigenvalue weighted by Gasteiger charge is -2.07. The van der Waals surface area contributed by atoms with Gasteiger partial charge in [0.2, 0.25) is 5.91 Å². The van der Waals surface area contributed by atoms with E-state index >= 15 is 0 Å². The maximum absolute atomic E-state index is 11.2. The molecular weight excluding hydrogens is 350 g/mol. The number of carboxylic acid groups (broad SMARTS) is 1. The molecule has 0 spiro atoms. The minimum absolute atomic E-state index is 0.0104. The lowest BCUT2D eigenvalue weighted by molar-refractivity contribution is -0.146. The SMILES string of the molecule is COC(=O)COCCOCCOCCOCCCNC(=O)CCC(=O)O. The van der Waals surface area contributed by atoms with Crippen LogP contribution in [0, 0.1) is 0 Å². The first-order valence-corrected chi connectivity index (χ1v) is 8.42. The Bertz CT molecular complexity index is 390. The van der Waals surface area contributed by atoms with E-state index in [9.17, 15) is 14.4 Å². The van der Waals surface area contributed by atoms with Gasteiger partial charge >= 0.3 is 11.9 Å². The first-order valence-electron chi connectivity index (χ1n) is 8.42. The molecule has 0 atom stereocenters. The minimum Gasteiger partial charge on any atom is -0.481 e. The first-order chi connectivity index (χ1) is 12.6. The zero-order valence-electron chi connectivity index (χ0n) is 15.2. The summed E-state index contributed by atoms with van der Waals surface area (Å²) < 4.78 is 25.3. The lowest BCUT2D eigenvalue weighted by atomic mass is 10.3. The number of carbonyl (C=O) groups is 3. The molecule has 10 nitrogen and oxygen atoms in total. The number of aliphatic carboxylic acids is 1. The summed E-state index contributed by atoms with van der Waals surface area (Å²) in [4.78, 5) is 32.3. The van der Waals surface area contributed by atoms with E-state index in [2.05, 4.69) is 10.1 Å². The van der Waals surface area contributed by atoms with E-state index in [4.69, 9.17) is 24.1 Å². The highest BCUT2D eigenvalue weighted by Crippen LogP contribution is 1.89. The van der Waals surface area contributed by atoms with Gasteiger partial charge in [-0.1, -0.05) is 0 Å². The van der Waals surface area contributed by atoms with E-state index in [1.807, 2.05) is 0 Å². The van der Waals surface area contributed by atoms with Crippen molar-refractivity contribution in [2.24, 2.45) is 0 Å². The Morgan fingerprint density at radius 3 is 1.88 bits per heavy atom. The molecule has 0 heterocycles. The number of hydrogen-bond acceptors (Lipinski definition) is 8. The van der Waals surface area contributed by atoms with Gasteiger partial charge in [0, 0.05) is 19.6 Å². The Morgan fingerprint density at radius 2 is 1.35 bits per heavy atom. The van der Waals surface area contributed by atoms with E-state index in [1.165, 1.54) is 7.11 Å². The van der Waals surface area contributed by atoms with Crippen LogP contribution in [0.5, 0.6) is 0 Å². The molecule has 0 aromatic rings. The molecule has 0 rings (SSSR count). The molecule has 0 radical (unpaired) electrons. The van der Waals surface area contributed by atoms with Gasteiger partial charge in [0.05, 0.1) is 53.2 Å². The average Bonchev–Trinajstić information content (AvgIpc) is 2.62. The number of hydrogen-bond donors (Lipinski definition) is 2. The molecule has 2 N–H and O–H groups in total. The van der Waals surface area contributed by atoms with Crippen molar-refractivity contribution >= 4 is 17.8 Å². The third-order valence-electron chi connectivity index (χ3n) is 2.92. The summed E-state index contributed by atoms with van der Waals surface area (Å²) in [6, 6.07) is 0. The van der Waals surface area contributed by atoms with Crippen LogP contribution in [0.4, 0.5) is 0 Å². The Hall–Kier alpha value is -1.75. The molecule has 0 saturated carbocycles. The fourth-order valence-electron chi connectivity index (χ4n) is 1.59. The van der Waals surface area contributed by atoms with E-state index in [0.29, 0.717) is 59.2 Å². The van der Waals surface area contributed by atoms with Crippen LogP contribution in [0.25, 0.3) is 0 Å². The van der Waals surface area contributed by atoms with Gasteiger partial charge in [-0.15, -0.1) is 0 Å². The van der Waals surface area contributed by atoms with Crippen LogP contribution in [0.3, 0.4) is 0 Å². The van der Waals surface area contributed by atoms with Gasteiger partial charge in [-0.25, -0.2) is 4.79 Å². The number of amides is 1. The topological polar surface area (TPSA) is 130 Å². The van der Waals surface area contributed by atoms with Crippen molar-refractivity contribution in [2.45, 2.75) is 19.3 Å². The van der Waals surface area contributed by atoms with Gasteiger partial charge in [-0.05, 0) is 6.42 Å². The second-order valence-electron chi connectivity index (χ2n) is 5.06. The fraction of sp³-hybridized carbons (Fsp3) is 0.812. The monoisotopic (exact) mass is 379 g/mol. The van der Waals surface area contributed by atoms with Crippen LogP contribution in [0.1, 0.15) is 19.3 Å². The van der Waals surface area contributed by atoms with Crippen molar-refractivity contribution in [2.75, 3.05) is 66.5 Å². The Morgan fingerprint density at radius 1 is 0.808 bits per heavy atom. The number of methoxy groups -OCH3 is 1. The first kappa shape index (κ1) is 24.2. The highest BCUT2D eigenvalue weighted by molar-refractivity contribution is 5.80. The summed E-state index contributed by atoms with van der Waals surface area (Å²) in [5.74, 6) is -1.68.